The third-order valence-corrected chi connectivity index (χ3v) is 4.35. The van der Waals surface area contributed by atoms with Crippen molar-refractivity contribution in [2.24, 2.45) is 0 Å². The fraction of sp³-hybridized carbons (Fsp3) is 0.650. The van der Waals surface area contributed by atoms with Gasteiger partial charge in [-0.1, -0.05) is 82.2 Å². The first kappa shape index (κ1) is 19.5. The predicted molar refractivity (Wildman–Crippen MR) is 95.0 cm³/mol. The van der Waals surface area contributed by atoms with Gasteiger partial charge in [-0.2, -0.15) is 0 Å². The van der Waals surface area contributed by atoms with Crippen LogP contribution in [-0.2, 0) is 4.74 Å². The zero-order valence-electron chi connectivity index (χ0n) is 14.5. The van der Waals surface area contributed by atoms with Crippen molar-refractivity contribution in [2.45, 2.75) is 77.0 Å². The Morgan fingerprint density at radius 1 is 0.957 bits per heavy atom. The lowest BCUT2D eigenvalue weighted by atomic mass is 9.88. The molecule has 1 atom stereocenters. The average Bonchev–Trinajstić information content (AvgIpc) is 2.56. The van der Waals surface area contributed by atoms with Gasteiger partial charge in [-0.25, -0.2) is 4.79 Å². The summed E-state index contributed by atoms with van der Waals surface area (Å²) in [6.07, 6.45) is 10.9. The molecule has 1 aromatic carbocycles. The Bertz CT molecular complexity index is 403. The molecule has 1 aromatic rings. The maximum absolute atomic E-state index is 10.3. The SMILES string of the molecule is CCCCCCCC(CCCCCOC(=O)O)c1ccccc1. The molecule has 0 amide bonds. The lowest BCUT2D eigenvalue weighted by Crippen LogP contribution is -2.03. The lowest BCUT2D eigenvalue weighted by molar-refractivity contribution is 0.0899. The molecule has 0 aliphatic carbocycles. The fourth-order valence-corrected chi connectivity index (χ4v) is 3.03. The second-order valence-electron chi connectivity index (χ2n) is 6.27. The number of benzene rings is 1. The second-order valence-corrected chi connectivity index (χ2v) is 6.27. The summed E-state index contributed by atoms with van der Waals surface area (Å²) in [5.41, 5.74) is 1.45. The van der Waals surface area contributed by atoms with E-state index in [1.165, 1.54) is 50.5 Å². The molecule has 0 saturated heterocycles. The van der Waals surface area contributed by atoms with Crippen molar-refractivity contribution in [3.05, 3.63) is 35.9 Å². The Morgan fingerprint density at radius 2 is 1.57 bits per heavy atom. The Hall–Kier alpha value is -1.51. The van der Waals surface area contributed by atoms with E-state index in [1.54, 1.807) is 0 Å². The summed E-state index contributed by atoms with van der Waals surface area (Å²) in [5, 5.41) is 8.44. The number of ether oxygens (including phenoxy) is 1. The number of hydrogen-bond acceptors (Lipinski definition) is 2. The molecule has 1 unspecified atom stereocenters. The third-order valence-electron chi connectivity index (χ3n) is 4.35. The van der Waals surface area contributed by atoms with Crippen LogP contribution < -0.4 is 0 Å². The van der Waals surface area contributed by atoms with Crippen molar-refractivity contribution < 1.29 is 14.6 Å². The molecular formula is C20H32O3. The number of hydrogen-bond donors (Lipinski definition) is 1. The molecule has 3 heteroatoms. The van der Waals surface area contributed by atoms with Gasteiger partial charge in [0.1, 0.15) is 0 Å². The van der Waals surface area contributed by atoms with Crippen molar-refractivity contribution in [3.63, 3.8) is 0 Å². The number of rotatable bonds is 13. The number of unbranched alkanes of at least 4 members (excludes halogenated alkanes) is 6. The Morgan fingerprint density at radius 3 is 2.17 bits per heavy atom. The number of carbonyl (C=O) groups is 1. The molecule has 0 bridgehead atoms. The highest BCUT2D eigenvalue weighted by Crippen LogP contribution is 2.28. The average molecular weight is 320 g/mol. The molecule has 0 aromatic heterocycles. The van der Waals surface area contributed by atoms with Crippen LogP contribution in [0.15, 0.2) is 30.3 Å². The van der Waals surface area contributed by atoms with Crippen LogP contribution in [-0.4, -0.2) is 17.9 Å². The largest absolute Gasteiger partial charge is 0.505 e. The first-order valence-electron chi connectivity index (χ1n) is 9.14. The van der Waals surface area contributed by atoms with Crippen LogP contribution in [0, 0.1) is 0 Å². The zero-order valence-corrected chi connectivity index (χ0v) is 14.5. The van der Waals surface area contributed by atoms with Crippen molar-refractivity contribution in [3.8, 4) is 0 Å². The van der Waals surface area contributed by atoms with Crippen LogP contribution in [0.4, 0.5) is 4.79 Å². The Kier molecular flexibility index (Phi) is 11.0. The van der Waals surface area contributed by atoms with Gasteiger partial charge in [-0.05, 0) is 30.7 Å². The normalized spacial score (nSPS) is 12.0. The molecule has 3 nitrogen and oxygen atoms in total. The molecule has 0 saturated carbocycles. The van der Waals surface area contributed by atoms with Crippen LogP contribution in [0.25, 0.3) is 0 Å². The highest BCUT2D eigenvalue weighted by Gasteiger charge is 2.11. The van der Waals surface area contributed by atoms with Crippen LogP contribution in [0.2, 0.25) is 0 Å². The summed E-state index contributed by atoms with van der Waals surface area (Å²) in [7, 11) is 0. The van der Waals surface area contributed by atoms with Crippen molar-refractivity contribution >= 4 is 6.16 Å². The van der Waals surface area contributed by atoms with Gasteiger partial charge in [0.2, 0.25) is 0 Å². The number of carboxylic acid groups (broad SMARTS) is 1. The van der Waals surface area contributed by atoms with Gasteiger partial charge in [-0.15, -0.1) is 0 Å². The predicted octanol–water partition coefficient (Wildman–Crippen LogP) is 6.39. The summed E-state index contributed by atoms with van der Waals surface area (Å²) >= 11 is 0. The molecule has 0 aliphatic rings. The minimum atomic E-state index is -1.17. The van der Waals surface area contributed by atoms with E-state index in [-0.39, 0.29) is 0 Å². The van der Waals surface area contributed by atoms with Crippen LogP contribution >= 0.6 is 0 Å². The molecule has 0 spiro atoms. The maximum Gasteiger partial charge on any atom is 0.505 e. The highest BCUT2D eigenvalue weighted by molar-refractivity contribution is 5.56. The van der Waals surface area contributed by atoms with E-state index in [1.807, 2.05) is 0 Å². The van der Waals surface area contributed by atoms with E-state index >= 15 is 0 Å². The van der Waals surface area contributed by atoms with E-state index in [0.717, 1.165) is 19.3 Å². The third kappa shape index (κ3) is 9.98. The van der Waals surface area contributed by atoms with E-state index < -0.39 is 6.16 Å². The monoisotopic (exact) mass is 320 g/mol. The molecule has 1 N–H and O–H groups in total. The van der Waals surface area contributed by atoms with E-state index in [2.05, 4.69) is 42.0 Å². The lowest BCUT2D eigenvalue weighted by Gasteiger charge is -2.17. The smallest absolute Gasteiger partial charge is 0.450 e. The van der Waals surface area contributed by atoms with Crippen molar-refractivity contribution in [1.82, 2.24) is 0 Å². The fourth-order valence-electron chi connectivity index (χ4n) is 3.03. The maximum atomic E-state index is 10.3. The van der Waals surface area contributed by atoms with Gasteiger partial charge in [0.15, 0.2) is 0 Å². The first-order valence-corrected chi connectivity index (χ1v) is 9.14. The summed E-state index contributed by atoms with van der Waals surface area (Å²) in [5.74, 6) is 0.637. The van der Waals surface area contributed by atoms with Gasteiger partial charge in [0.05, 0.1) is 6.61 Å². The van der Waals surface area contributed by atoms with E-state index in [9.17, 15) is 4.79 Å². The first-order chi connectivity index (χ1) is 11.2. The summed E-state index contributed by atoms with van der Waals surface area (Å²) in [6, 6.07) is 10.8. The minimum absolute atomic E-state index is 0.322. The molecule has 0 aliphatic heterocycles. The van der Waals surface area contributed by atoms with E-state index in [0.29, 0.717) is 12.5 Å². The molecule has 0 fully saturated rings. The van der Waals surface area contributed by atoms with Gasteiger partial charge in [0.25, 0.3) is 0 Å². The topological polar surface area (TPSA) is 46.5 Å². The second kappa shape index (κ2) is 13.0. The zero-order chi connectivity index (χ0) is 16.8. The quantitative estimate of drug-likeness (QED) is 0.338. The minimum Gasteiger partial charge on any atom is -0.450 e. The van der Waals surface area contributed by atoms with Gasteiger partial charge >= 0.3 is 6.16 Å². The molecule has 1 rings (SSSR count). The molecule has 23 heavy (non-hydrogen) atoms. The summed E-state index contributed by atoms with van der Waals surface area (Å²) in [6.45, 7) is 2.57. The van der Waals surface area contributed by atoms with Gasteiger partial charge < -0.3 is 9.84 Å². The summed E-state index contributed by atoms with van der Waals surface area (Å²) in [4.78, 5) is 10.3. The van der Waals surface area contributed by atoms with Crippen molar-refractivity contribution in [2.75, 3.05) is 6.61 Å². The highest BCUT2D eigenvalue weighted by atomic mass is 16.7. The van der Waals surface area contributed by atoms with Gasteiger partial charge in [0, 0.05) is 0 Å². The summed E-state index contributed by atoms with van der Waals surface area (Å²) < 4.78 is 4.55. The van der Waals surface area contributed by atoms with Gasteiger partial charge in [-0.3, -0.25) is 0 Å². The molecule has 0 heterocycles. The van der Waals surface area contributed by atoms with Crippen LogP contribution in [0.3, 0.4) is 0 Å². The van der Waals surface area contributed by atoms with Crippen molar-refractivity contribution in [1.29, 1.82) is 0 Å². The molecule has 130 valence electrons. The molecule has 0 radical (unpaired) electrons. The standard InChI is InChI=1S/C20H32O3/c1-2-3-4-5-8-13-18(19-14-9-6-10-15-19)16-11-7-12-17-23-20(21)22/h6,9-10,14-15,18H,2-5,7-8,11-13,16-17H2,1H3,(H,21,22). The van der Waals surface area contributed by atoms with E-state index in [4.69, 9.17) is 5.11 Å². The Labute approximate surface area is 141 Å². The van der Waals surface area contributed by atoms with Crippen LogP contribution in [0.5, 0.6) is 0 Å². The Balaban J connectivity index is 2.29. The molecular weight excluding hydrogens is 288 g/mol. The van der Waals surface area contributed by atoms with Crippen LogP contribution in [0.1, 0.15) is 82.6 Å².